The van der Waals surface area contributed by atoms with E-state index in [2.05, 4.69) is 14.7 Å². The van der Waals surface area contributed by atoms with Crippen LogP contribution >= 0.6 is 23.4 Å². The molecule has 3 heterocycles. The molecule has 0 fully saturated rings. The van der Waals surface area contributed by atoms with Crippen molar-refractivity contribution in [1.29, 1.82) is 5.41 Å². The molecule has 0 spiro atoms. The Kier molecular flexibility index (Phi) is 5.52. The predicted molar refractivity (Wildman–Crippen MR) is 135 cm³/mol. The molecular weight excluding hydrogens is 454 g/mol. The maximum atomic E-state index is 12.8. The summed E-state index contributed by atoms with van der Waals surface area (Å²) in [5.74, 6) is -0.386. The van der Waals surface area contributed by atoms with Crippen LogP contribution in [0.3, 0.4) is 0 Å². The number of halogens is 1. The summed E-state index contributed by atoms with van der Waals surface area (Å²) in [5.41, 5.74) is 5.15. The van der Waals surface area contributed by atoms with Gasteiger partial charge in [0.15, 0.2) is 5.84 Å². The van der Waals surface area contributed by atoms with Gasteiger partial charge in [-0.1, -0.05) is 41.9 Å². The second kappa shape index (κ2) is 8.50. The number of aliphatic imine (C=N–C) groups is 1. The molecule has 2 aliphatic rings. The molecule has 1 aromatic heterocycles. The van der Waals surface area contributed by atoms with Crippen LogP contribution in [-0.2, 0) is 11.2 Å². The van der Waals surface area contributed by atoms with Crippen LogP contribution < -0.4 is 0 Å². The zero-order valence-corrected chi connectivity index (χ0v) is 19.6. The molecule has 33 heavy (non-hydrogen) atoms. The number of rotatable bonds is 4. The van der Waals surface area contributed by atoms with Gasteiger partial charge in [-0.15, -0.1) is 0 Å². The zero-order valence-electron chi connectivity index (χ0n) is 18.0. The van der Waals surface area contributed by atoms with E-state index in [-0.39, 0.29) is 11.4 Å². The number of hydrazone groups is 1. The van der Waals surface area contributed by atoms with Crippen LogP contribution in [0.15, 0.2) is 76.3 Å². The van der Waals surface area contributed by atoms with Gasteiger partial charge in [-0.3, -0.25) is 10.2 Å². The van der Waals surface area contributed by atoms with Crippen LogP contribution in [0.4, 0.5) is 0 Å². The Morgan fingerprint density at radius 3 is 2.55 bits per heavy atom. The molecule has 2 aromatic carbocycles. The van der Waals surface area contributed by atoms with Gasteiger partial charge in [0.2, 0.25) is 5.17 Å². The van der Waals surface area contributed by atoms with Crippen molar-refractivity contribution >= 4 is 51.4 Å². The Balaban J connectivity index is 1.46. The summed E-state index contributed by atoms with van der Waals surface area (Å²) in [6.07, 6.45) is 2.36. The van der Waals surface area contributed by atoms with E-state index in [1.54, 1.807) is 6.08 Å². The van der Waals surface area contributed by atoms with Gasteiger partial charge in [0.25, 0.3) is 5.91 Å². The van der Waals surface area contributed by atoms with E-state index in [1.165, 1.54) is 16.8 Å². The van der Waals surface area contributed by atoms with Crippen LogP contribution in [0, 0.1) is 19.3 Å². The number of aromatic nitrogens is 1. The highest BCUT2D eigenvalue weighted by atomic mass is 35.5. The summed E-state index contributed by atoms with van der Waals surface area (Å²) in [4.78, 5) is 17.0. The second-order valence-electron chi connectivity index (χ2n) is 7.81. The summed E-state index contributed by atoms with van der Waals surface area (Å²) in [5, 5.41) is 16.6. The molecular formula is C25H20ClN5OS. The number of benzene rings is 2. The van der Waals surface area contributed by atoms with Crippen LogP contribution in [0.25, 0.3) is 11.8 Å². The molecule has 0 unspecified atom stereocenters. The van der Waals surface area contributed by atoms with E-state index in [4.69, 9.17) is 17.0 Å². The number of fused-ring (bicyclic) bond motifs is 1. The monoisotopic (exact) mass is 473 g/mol. The Morgan fingerprint density at radius 2 is 1.82 bits per heavy atom. The lowest BCUT2D eigenvalue weighted by Gasteiger charge is -2.20. The Morgan fingerprint density at radius 1 is 1.09 bits per heavy atom. The molecule has 2 aliphatic heterocycles. The highest BCUT2D eigenvalue weighted by Crippen LogP contribution is 2.31. The molecule has 0 saturated carbocycles. The highest BCUT2D eigenvalue weighted by molar-refractivity contribution is 8.26. The summed E-state index contributed by atoms with van der Waals surface area (Å²) in [6.45, 7) is 3.99. The first-order chi connectivity index (χ1) is 15.9. The highest BCUT2D eigenvalue weighted by Gasteiger charge is 2.35. The molecule has 8 heteroatoms. The minimum absolute atomic E-state index is 0.0388. The largest absolute Gasteiger partial charge is 0.318 e. The third-order valence-corrected chi connectivity index (χ3v) is 6.71. The molecule has 0 bridgehead atoms. The van der Waals surface area contributed by atoms with Crippen LogP contribution in [0.2, 0.25) is 5.02 Å². The van der Waals surface area contributed by atoms with E-state index >= 15 is 0 Å². The average molecular weight is 474 g/mol. The molecule has 164 valence electrons. The van der Waals surface area contributed by atoms with Crippen LogP contribution in [0.1, 0.15) is 22.5 Å². The number of aryl methyl sites for hydroxylation is 1. The van der Waals surface area contributed by atoms with Crippen molar-refractivity contribution in [3.8, 4) is 5.69 Å². The smallest absolute Gasteiger partial charge is 0.283 e. The van der Waals surface area contributed by atoms with Crippen molar-refractivity contribution < 1.29 is 4.79 Å². The van der Waals surface area contributed by atoms with Crippen molar-refractivity contribution in [3.05, 3.63) is 93.8 Å². The average Bonchev–Trinajstić information content (AvgIpc) is 3.32. The van der Waals surface area contributed by atoms with Crippen molar-refractivity contribution in [3.63, 3.8) is 0 Å². The lowest BCUT2D eigenvalue weighted by atomic mass is 10.1. The maximum Gasteiger partial charge on any atom is 0.283 e. The fraction of sp³-hybridized carbons (Fsp3) is 0.120. The Bertz CT molecular complexity index is 1370. The molecule has 0 saturated heterocycles. The lowest BCUT2D eigenvalue weighted by molar-refractivity contribution is -0.114. The molecule has 6 nitrogen and oxygen atoms in total. The predicted octanol–water partition coefficient (Wildman–Crippen LogP) is 5.61. The molecule has 0 radical (unpaired) electrons. The summed E-state index contributed by atoms with van der Waals surface area (Å²) >= 11 is 7.37. The number of amides is 1. The van der Waals surface area contributed by atoms with E-state index in [1.807, 2.05) is 74.5 Å². The first-order valence-electron chi connectivity index (χ1n) is 10.4. The minimum atomic E-state index is -0.425. The number of nitrogens with one attached hydrogen (secondary N) is 1. The van der Waals surface area contributed by atoms with Gasteiger partial charge in [0.05, 0.1) is 5.57 Å². The van der Waals surface area contributed by atoms with Gasteiger partial charge >= 0.3 is 0 Å². The first kappa shape index (κ1) is 21.4. The fourth-order valence-corrected chi connectivity index (χ4v) is 5.00. The van der Waals surface area contributed by atoms with Gasteiger partial charge < -0.3 is 4.57 Å². The number of thioether (sulfide) groups is 1. The quantitative estimate of drug-likeness (QED) is 0.500. The fourth-order valence-electron chi connectivity index (χ4n) is 3.95. The SMILES string of the molecule is Cc1cc(/C=C2/C(=N)N3N=C(Cc4ccccc4)SC3=NC2=O)c(C)n1-c1ccc(Cl)cc1. The van der Waals surface area contributed by atoms with Crippen molar-refractivity contribution in [2.24, 2.45) is 10.1 Å². The third kappa shape index (κ3) is 4.05. The number of carbonyl (C=O) groups excluding carboxylic acids is 1. The zero-order chi connectivity index (χ0) is 23.1. The second-order valence-corrected chi connectivity index (χ2v) is 9.29. The normalized spacial score (nSPS) is 16.8. The van der Waals surface area contributed by atoms with Crippen molar-refractivity contribution in [2.75, 3.05) is 0 Å². The van der Waals surface area contributed by atoms with Gasteiger partial charge in [0.1, 0.15) is 5.04 Å². The van der Waals surface area contributed by atoms with E-state index < -0.39 is 5.91 Å². The van der Waals surface area contributed by atoms with E-state index in [9.17, 15) is 4.79 Å². The maximum absolute atomic E-state index is 12.8. The topological polar surface area (TPSA) is 73.8 Å². The number of amidine groups is 2. The third-order valence-electron chi connectivity index (χ3n) is 5.55. The number of carbonyl (C=O) groups is 1. The van der Waals surface area contributed by atoms with Crippen LogP contribution in [-0.4, -0.2) is 31.5 Å². The summed E-state index contributed by atoms with van der Waals surface area (Å²) < 4.78 is 2.09. The van der Waals surface area contributed by atoms with Crippen molar-refractivity contribution in [2.45, 2.75) is 20.3 Å². The number of nitrogens with zero attached hydrogens (tertiary/aromatic N) is 4. The lowest BCUT2D eigenvalue weighted by Crippen LogP contribution is -2.35. The number of hydrogen-bond donors (Lipinski definition) is 1. The summed E-state index contributed by atoms with van der Waals surface area (Å²) in [6, 6.07) is 19.6. The molecule has 0 aliphatic carbocycles. The van der Waals surface area contributed by atoms with E-state index in [0.29, 0.717) is 16.6 Å². The molecule has 1 amide bonds. The Labute approximate surface area is 200 Å². The van der Waals surface area contributed by atoms with Gasteiger partial charge in [-0.25, -0.2) is 0 Å². The van der Waals surface area contributed by atoms with E-state index in [0.717, 1.165) is 33.2 Å². The molecule has 0 atom stereocenters. The van der Waals surface area contributed by atoms with Gasteiger partial charge in [-0.2, -0.15) is 15.1 Å². The standard InChI is InChI=1S/C25H20ClN5OS/c1-15-12-18(16(2)30(15)20-10-8-19(26)9-11-20)14-21-23(27)31-25(28-24(21)32)33-22(29-31)13-17-6-4-3-5-7-17/h3-12,14,27H,13H2,1-2H3/b21-14-,27-23?. The van der Waals surface area contributed by atoms with Gasteiger partial charge in [0, 0.05) is 28.5 Å². The molecule has 1 N–H and O–H groups in total. The molecule has 5 rings (SSSR count). The van der Waals surface area contributed by atoms with Gasteiger partial charge in [-0.05, 0) is 73.1 Å². The minimum Gasteiger partial charge on any atom is -0.318 e. The van der Waals surface area contributed by atoms with Crippen molar-refractivity contribution in [1.82, 2.24) is 9.58 Å². The summed E-state index contributed by atoms with van der Waals surface area (Å²) in [7, 11) is 0. The molecule has 3 aromatic rings. The van der Waals surface area contributed by atoms with Crippen LogP contribution in [0.5, 0.6) is 0 Å². The first-order valence-corrected chi connectivity index (χ1v) is 11.6. The number of hydrogen-bond acceptors (Lipinski definition) is 4. The Hall–Kier alpha value is -3.42.